The monoisotopic (exact) mass is 400 g/mol. The minimum atomic E-state index is -4.43. The van der Waals surface area contributed by atoms with E-state index in [1.54, 1.807) is 0 Å². The van der Waals surface area contributed by atoms with E-state index in [0.29, 0.717) is 18.8 Å². The van der Waals surface area contributed by atoms with Crippen LogP contribution in [0, 0.1) is 11.3 Å². The zero-order valence-corrected chi connectivity index (χ0v) is 16.0. The Hall–Kier alpha value is -1.70. The standard InChI is InChI=1S/C19H23F3N2O2S/c1-27-12-16(25)24-8-6-18(7-9-24)10-15(18)17(26)23-11-13-4-2-3-5-14(13)19(20,21)22/h2-5,15H,6-12H2,1H3,(H,23,26). The fourth-order valence-corrected chi connectivity index (χ4v) is 4.37. The van der Waals surface area contributed by atoms with Crippen molar-refractivity contribution in [1.82, 2.24) is 10.2 Å². The number of rotatable bonds is 5. The molecule has 0 radical (unpaired) electrons. The Bertz CT molecular complexity index is 715. The Balaban J connectivity index is 1.53. The van der Waals surface area contributed by atoms with E-state index in [4.69, 9.17) is 0 Å². The van der Waals surface area contributed by atoms with Gasteiger partial charge >= 0.3 is 6.18 Å². The third-order valence-corrected chi connectivity index (χ3v) is 6.20. The van der Waals surface area contributed by atoms with E-state index >= 15 is 0 Å². The number of carbonyl (C=O) groups is 2. The number of amides is 2. The molecule has 1 aliphatic heterocycles. The molecule has 2 fully saturated rings. The molecule has 27 heavy (non-hydrogen) atoms. The number of nitrogens with one attached hydrogen (secondary N) is 1. The van der Waals surface area contributed by atoms with Gasteiger partial charge in [-0.15, -0.1) is 0 Å². The number of halogens is 3. The largest absolute Gasteiger partial charge is 0.416 e. The van der Waals surface area contributed by atoms with Crippen LogP contribution in [0.4, 0.5) is 13.2 Å². The number of alkyl halides is 3. The molecule has 1 aromatic rings. The van der Waals surface area contributed by atoms with E-state index in [-0.39, 0.29) is 35.3 Å². The lowest BCUT2D eigenvalue weighted by molar-refractivity contribution is -0.138. The van der Waals surface area contributed by atoms with Gasteiger partial charge in [0, 0.05) is 25.6 Å². The third-order valence-electron chi connectivity index (χ3n) is 5.66. The smallest absolute Gasteiger partial charge is 0.352 e. The van der Waals surface area contributed by atoms with Gasteiger partial charge in [0.05, 0.1) is 11.3 Å². The second kappa shape index (κ2) is 7.73. The molecule has 1 saturated carbocycles. The molecule has 1 N–H and O–H groups in total. The Labute approximate surface area is 160 Å². The van der Waals surface area contributed by atoms with Crippen molar-refractivity contribution in [3.05, 3.63) is 35.4 Å². The molecule has 148 valence electrons. The quantitative estimate of drug-likeness (QED) is 0.825. The first-order chi connectivity index (χ1) is 12.8. The van der Waals surface area contributed by atoms with Gasteiger partial charge in [0.15, 0.2) is 0 Å². The van der Waals surface area contributed by atoms with Crippen LogP contribution in [0.1, 0.15) is 30.4 Å². The van der Waals surface area contributed by atoms with Crippen molar-refractivity contribution in [3.8, 4) is 0 Å². The van der Waals surface area contributed by atoms with Crippen LogP contribution in [0.5, 0.6) is 0 Å². The van der Waals surface area contributed by atoms with Crippen LogP contribution < -0.4 is 5.32 Å². The molecular weight excluding hydrogens is 377 g/mol. The summed E-state index contributed by atoms with van der Waals surface area (Å²) in [5.74, 6) is 0.252. The van der Waals surface area contributed by atoms with Crippen LogP contribution in [0.2, 0.25) is 0 Å². The molecule has 1 aliphatic carbocycles. The Morgan fingerprint density at radius 1 is 1.26 bits per heavy atom. The van der Waals surface area contributed by atoms with Crippen molar-refractivity contribution < 1.29 is 22.8 Å². The minimum Gasteiger partial charge on any atom is -0.352 e. The van der Waals surface area contributed by atoms with Gasteiger partial charge < -0.3 is 10.2 Å². The molecule has 1 aromatic carbocycles. The summed E-state index contributed by atoms with van der Waals surface area (Å²) >= 11 is 1.50. The third kappa shape index (κ3) is 4.42. The molecule has 2 amide bonds. The van der Waals surface area contributed by atoms with Crippen molar-refractivity contribution in [1.29, 1.82) is 0 Å². The van der Waals surface area contributed by atoms with E-state index in [1.807, 2.05) is 11.2 Å². The summed E-state index contributed by atoms with van der Waals surface area (Å²) < 4.78 is 39.1. The lowest BCUT2D eigenvalue weighted by Gasteiger charge is -2.32. The molecule has 1 atom stereocenters. The molecule has 1 heterocycles. The first kappa shape index (κ1) is 20.0. The maximum Gasteiger partial charge on any atom is 0.416 e. The normalized spacial score (nSPS) is 21.2. The van der Waals surface area contributed by atoms with Crippen molar-refractivity contribution in [2.24, 2.45) is 11.3 Å². The molecule has 3 rings (SSSR count). The highest BCUT2D eigenvalue weighted by Gasteiger charge is 2.58. The van der Waals surface area contributed by atoms with E-state index in [0.717, 1.165) is 25.3 Å². The van der Waals surface area contributed by atoms with Crippen molar-refractivity contribution in [3.63, 3.8) is 0 Å². The van der Waals surface area contributed by atoms with Gasteiger partial charge in [-0.25, -0.2) is 0 Å². The summed E-state index contributed by atoms with van der Waals surface area (Å²) in [7, 11) is 0. The zero-order chi connectivity index (χ0) is 19.7. The highest BCUT2D eigenvalue weighted by atomic mass is 32.2. The first-order valence-corrected chi connectivity index (χ1v) is 10.4. The van der Waals surface area contributed by atoms with Gasteiger partial charge in [-0.05, 0) is 42.6 Å². The second-order valence-corrected chi connectivity index (χ2v) is 8.17. The number of carbonyl (C=O) groups excluding carboxylic acids is 2. The second-order valence-electron chi connectivity index (χ2n) is 7.31. The molecule has 8 heteroatoms. The Morgan fingerprint density at radius 2 is 1.93 bits per heavy atom. The molecular formula is C19H23F3N2O2S. The predicted molar refractivity (Wildman–Crippen MR) is 98.0 cm³/mol. The molecule has 1 unspecified atom stereocenters. The highest BCUT2D eigenvalue weighted by molar-refractivity contribution is 7.99. The lowest BCUT2D eigenvalue weighted by atomic mass is 9.90. The minimum absolute atomic E-state index is 0.0746. The topological polar surface area (TPSA) is 49.4 Å². The number of thioether (sulfide) groups is 1. The van der Waals surface area contributed by atoms with Crippen LogP contribution >= 0.6 is 11.8 Å². The summed E-state index contributed by atoms with van der Waals surface area (Å²) in [5.41, 5.74) is -0.717. The summed E-state index contributed by atoms with van der Waals surface area (Å²) in [5, 5.41) is 2.68. The zero-order valence-electron chi connectivity index (χ0n) is 15.1. The van der Waals surface area contributed by atoms with Crippen molar-refractivity contribution >= 4 is 23.6 Å². The fraction of sp³-hybridized carbons (Fsp3) is 0.579. The number of hydrogen-bond donors (Lipinski definition) is 1. The highest BCUT2D eigenvalue weighted by Crippen LogP contribution is 2.59. The van der Waals surface area contributed by atoms with Crippen LogP contribution in [-0.2, 0) is 22.3 Å². The van der Waals surface area contributed by atoms with E-state index < -0.39 is 11.7 Å². The van der Waals surface area contributed by atoms with Gasteiger partial charge in [-0.3, -0.25) is 9.59 Å². The summed E-state index contributed by atoms with van der Waals surface area (Å²) in [6.07, 6.45) is -0.223. The molecule has 1 spiro atoms. The van der Waals surface area contributed by atoms with Gasteiger partial charge in [0.1, 0.15) is 0 Å². The molecule has 1 saturated heterocycles. The van der Waals surface area contributed by atoms with E-state index in [1.165, 1.54) is 30.0 Å². The number of likely N-dealkylation sites (tertiary alicyclic amines) is 1. The average molecular weight is 400 g/mol. The summed E-state index contributed by atoms with van der Waals surface area (Å²) in [6, 6.07) is 5.30. The van der Waals surface area contributed by atoms with Gasteiger partial charge in [-0.1, -0.05) is 18.2 Å². The Morgan fingerprint density at radius 3 is 2.56 bits per heavy atom. The predicted octanol–water partition coefficient (Wildman–Crippen LogP) is 3.31. The molecule has 0 aromatic heterocycles. The van der Waals surface area contributed by atoms with Crippen LogP contribution in [0.25, 0.3) is 0 Å². The van der Waals surface area contributed by atoms with Gasteiger partial charge in [0.25, 0.3) is 0 Å². The maximum absolute atomic E-state index is 13.0. The van der Waals surface area contributed by atoms with Crippen LogP contribution in [0.15, 0.2) is 24.3 Å². The fourth-order valence-electron chi connectivity index (χ4n) is 3.94. The number of nitrogens with zero attached hydrogens (tertiary/aromatic N) is 1. The van der Waals surface area contributed by atoms with Crippen molar-refractivity contribution in [2.45, 2.75) is 32.0 Å². The first-order valence-electron chi connectivity index (χ1n) is 8.96. The number of piperidine rings is 1. The Kier molecular flexibility index (Phi) is 5.74. The van der Waals surface area contributed by atoms with E-state index in [2.05, 4.69) is 5.32 Å². The SMILES string of the molecule is CSCC(=O)N1CCC2(CC1)CC2C(=O)NCc1ccccc1C(F)(F)F. The van der Waals surface area contributed by atoms with Crippen LogP contribution in [0.3, 0.4) is 0 Å². The molecule has 0 bridgehead atoms. The average Bonchev–Trinajstić information content (AvgIpc) is 3.33. The number of benzene rings is 1. The van der Waals surface area contributed by atoms with E-state index in [9.17, 15) is 22.8 Å². The molecule has 4 nitrogen and oxygen atoms in total. The maximum atomic E-state index is 13.0. The molecule has 2 aliphatic rings. The summed E-state index contributed by atoms with van der Waals surface area (Å²) in [4.78, 5) is 26.2. The van der Waals surface area contributed by atoms with Crippen molar-refractivity contribution in [2.75, 3.05) is 25.1 Å². The van der Waals surface area contributed by atoms with Gasteiger partial charge in [-0.2, -0.15) is 24.9 Å². The van der Waals surface area contributed by atoms with Gasteiger partial charge in [0.2, 0.25) is 11.8 Å². The number of hydrogen-bond acceptors (Lipinski definition) is 3. The van der Waals surface area contributed by atoms with Crippen LogP contribution in [-0.4, -0.2) is 41.8 Å². The lowest BCUT2D eigenvalue weighted by Crippen LogP contribution is -2.41. The summed E-state index contributed by atoms with van der Waals surface area (Å²) in [6.45, 7) is 1.18.